The number of aromatic hydroxyl groups is 2. The third-order valence-electron chi connectivity index (χ3n) is 4.45. The highest BCUT2D eigenvalue weighted by Gasteiger charge is 2.35. The number of likely N-dealkylation sites (N-methyl/N-ethyl adjacent to an activating group) is 1. The van der Waals surface area contributed by atoms with Crippen LogP contribution in [0.25, 0.3) is 0 Å². The van der Waals surface area contributed by atoms with Crippen molar-refractivity contribution in [2.45, 2.75) is 31.7 Å². The molecule has 0 amide bonds. The zero-order valence-corrected chi connectivity index (χ0v) is 10.2. The molecule has 0 saturated carbocycles. The molecule has 17 heavy (non-hydrogen) atoms. The summed E-state index contributed by atoms with van der Waals surface area (Å²) < 4.78 is 0. The second-order valence-electron chi connectivity index (χ2n) is 5.43. The predicted octanol–water partition coefficient (Wildman–Crippen LogP) is 1.91. The normalized spacial score (nSPS) is 28.5. The van der Waals surface area contributed by atoms with Crippen molar-refractivity contribution in [3.8, 4) is 11.5 Å². The van der Waals surface area contributed by atoms with Gasteiger partial charge < -0.3 is 15.1 Å². The van der Waals surface area contributed by atoms with Crippen LogP contribution < -0.4 is 0 Å². The summed E-state index contributed by atoms with van der Waals surface area (Å²) >= 11 is 0. The number of benzene rings is 1. The number of fused-ring (bicyclic) bond motifs is 2. The first kappa shape index (κ1) is 10.9. The van der Waals surface area contributed by atoms with E-state index in [4.69, 9.17) is 0 Å². The molecule has 0 unspecified atom stereocenters. The second kappa shape index (κ2) is 3.91. The molecular formula is C14H19NO2. The number of rotatable bonds is 0. The Hall–Kier alpha value is -1.22. The Morgan fingerprint density at radius 1 is 1.24 bits per heavy atom. The van der Waals surface area contributed by atoms with Crippen LogP contribution in [0.1, 0.15) is 24.0 Å². The number of hydrogen-bond donors (Lipinski definition) is 2. The van der Waals surface area contributed by atoms with Crippen molar-refractivity contribution in [2.75, 3.05) is 13.6 Å². The molecule has 3 nitrogen and oxygen atoms in total. The van der Waals surface area contributed by atoms with Crippen molar-refractivity contribution in [3.63, 3.8) is 0 Å². The molecule has 2 atom stereocenters. The summed E-state index contributed by atoms with van der Waals surface area (Å²) in [6, 6.07) is 4.18. The van der Waals surface area contributed by atoms with Crippen LogP contribution in [-0.2, 0) is 12.8 Å². The summed E-state index contributed by atoms with van der Waals surface area (Å²) in [6.07, 6.45) is 4.39. The molecule has 0 aromatic heterocycles. The van der Waals surface area contributed by atoms with Gasteiger partial charge in [-0.3, -0.25) is 0 Å². The first-order valence-electron chi connectivity index (χ1n) is 6.39. The monoisotopic (exact) mass is 233 g/mol. The van der Waals surface area contributed by atoms with Crippen molar-refractivity contribution >= 4 is 0 Å². The Balaban J connectivity index is 1.98. The maximum absolute atomic E-state index is 9.94. The topological polar surface area (TPSA) is 43.7 Å². The van der Waals surface area contributed by atoms with Crippen LogP contribution >= 0.6 is 0 Å². The summed E-state index contributed by atoms with van der Waals surface area (Å²) in [5.74, 6) is 0.759. The van der Waals surface area contributed by atoms with Gasteiger partial charge in [0.15, 0.2) is 11.5 Å². The quantitative estimate of drug-likeness (QED) is 0.673. The zero-order chi connectivity index (χ0) is 12.0. The molecule has 0 spiro atoms. The number of phenols is 2. The van der Waals surface area contributed by atoms with E-state index in [0.717, 1.165) is 18.4 Å². The van der Waals surface area contributed by atoms with Crippen LogP contribution in [-0.4, -0.2) is 34.7 Å². The second-order valence-corrected chi connectivity index (χ2v) is 5.43. The minimum absolute atomic E-state index is 0.0198. The largest absolute Gasteiger partial charge is 0.504 e. The van der Waals surface area contributed by atoms with E-state index in [0.29, 0.717) is 12.0 Å². The molecule has 0 radical (unpaired) electrons. The van der Waals surface area contributed by atoms with Gasteiger partial charge in [0.1, 0.15) is 0 Å². The van der Waals surface area contributed by atoms with Gasteiger partial charge in [0.05, 0.1) is 0 Å². The van der Waals surface area contributed by atoms with Crippen LogP contribution in [0.5, 0.6) is 11.5 Å². The molecule has 1 aromatic carbocycles. The molecule has 2 aliphatic rings. The van der Waals surface area contributed by atoms with E-state index in [2.05, 4.69) is 11.9 Å². The molecule has 2 N–H and O–H groups in total. The smallest absolute Gasteiger partial charge is 0.160 e. The number of nitrogens with zero attached hydrogens (tertiary/aromatic N) is 1. The van der Waals surface area contributed by atoms with Crippen molar-refractivity contribution < 1.29 is 10.2 Å². The molecule has 1 aliphatic carbocycles. The van der Waals surface area contributed by atoms with Gasteiger partial charge in [-0.2, -0.15) is 0 Å². The molecule has 92 valence electrons. The Bertz CT molecular complexity index is 444. The Morgan fingerprint density at radius 2 is 2.06 bits per heavy atom. The van der Waals surface area contributed by atoms with Crippen molar-refractivity contribution in [2.24, 2.45) is 5.92 Å². The first-order chi connectivity index (χ1) is 8.16. The lowest BCUT2D eigenvalue weighted by Gasteiger charge is -2.43. The highest BCUT2D eigenvalue weighted by atomic mass is 16.3. The lowest BCUT2D eigenvalue weighted by Crippen LogP contribution is -2.47. The molecule has 3 heteroatoms. The minimum atomic E-state index is 0.0198. The summed E-state index contributed by atoms with van der Waals surface area (Å²) in [6.45, 7) is 1.18. The van der Waals surface area contributed by atoms with Gasteiger partial charge in [0.25, 0.3) is 0 Å². The standard InChI is InChI=1S/C14H19NO2/c1-15-6-2-3-10-7-11-9(8-12(10)15)4-5-13(16)14(11)17/h4-5,10,12,16-17H,2-3,6-8H2,1H3/t10-,12-/m0/s1. The number of phenolic OH excluding ortho intramolecular Hbond substituents is 2. The van der Waals surface area contributed by atoms with Crippen LogP contribution in [0.3, 0.4) is 0 Å². The number of piperidine rings is 1. The fourth-order valence-electron chi connectivity index (χ4n) is 3.45. The van der Waals surface area contributed by atoms with Crippen LogP contribution in [0.4, 0.5) is 0 Å². The molecule has 1 aliphatic heterocycles. The molecule has 1 saturated heterocycles. The zero-order valence-electron chi connectivity index (χ0n) is 10.2. The molecule has 0 bridgehead atoms. The van der Waals surface area contributed by atoms with Gasteiger partial charge >= 0.3 is 0 Å². The van der Waals surface area contributed by atoms with E-state index in [1.807, 2.05) is 6.07 Å². The van der Waals surface area contributed by atoms with Crippen LogP contribution in [0, 0.1) is 5.92 Å². The summed E-state index contributed by atoms with van der Waals surface area (Å²) in [7, 11) is 2.20. The van der Waals surface area contributed by atoms with E-state index in [9.17, 15) is 10.2 Å². The van der Waals surface area contributed by atoms with Gasteiger partial charge in [0, 0.05) is 11.6 Å². The molecule has 3 rings (SSSR count). The van der Waals surface area contributed by atoms with E-state index in [1.54, 1.807) is 6.07 Å². The average molecular weight is 233 g/mol. The fraction of sp³-hybridized carbons (Fsp3) is 0.571. The molecule has 1 heterocycles. The Labute approximate surface area is 102 Å². The van der Waals surface area contributed by atoms with Crippen LogP contribution in [0.15, 0.2) is 12.1 Å². The first-order valence-corrected chi connectivity index (χ1v) is 6.39. The summed E-state index contributed by atoms with van der Waals surface area (Å²) in [5.41, 5.74) is 2.18. The average Bonchev–Trinajstić information content (AvgIpc) is 2.33. The lowest BCUT2D eigenvalue weighted by atomic mass is 9.75. The van der Waals surface area contributed by atoms with Crippen LogP contribution in [0.2, 0.25) is 0 Å². The van der Waals surface area contributed by atoms with Gasteiger partial charge in [-0.05, 0) is 56.8 Å². The maximum atomic E-state index is 9.94. The lowest BCUT2D eigenvalue weighted by molar-refractivity contribution is 0.111. The third-order valence-corrected chi connectivity index (χ3v) is 4.45. The Kier molecular flexibility index (Phi) is 2.51. The molecule has 1 aromatic rings. The van der Waals surface area contributed by atoms with Gasteiger partial charge in [-0.1, -0.05) is 6.07 Å². The van der Waals surface area contributed by atoms with Crippen molar-refractivity contribution in [1.29, 1.82) is 0 Å². The number of likely N-dealkylation sites (tertiary alicyclic amines) is 1. The highest BCUT2D eigenvalue weighted by Crippen LogP contribution is 2.41. The predicted molar refractivity (Wildman–Crippen MR) is 66.3 cm³/mol. The number of hydrogen-bond acceptors (Lipinski definition) is 3. The van der Waals surface area contributed by atoms with Crippen molar-refractivity contribution in [3.05, 3.63) is 23.3 Å². The minimum Gasteiger partial charge on any atom is -0.504 e. The van der Waals surface area contributed by atoms with Gasteiger partial charge in [-0.15, -0.1) is 0 Å². The fourth-order valence-corrected chi connectivity index (χ4v) is 3.45. The van der Waals surface area contributed by atoms with E-state index < -0.39 is 0 Å². The SMILES string of the molecule is CN1CCC[C@H]2Cc3c(ccc(O)c3O)C[C@@H]21. The van der Waals surface area contributed by atoms with E-state index in [1.165, 1.54) is 24.9 Å². The van der Waals surface area contributed by atoms with Gasteiger partial charge in [0.2, 0.25) is 0 Å². The molecule has 1 fully saturated rings. The summed E-state index contributed by atoms with van der Waals surface area (Å²) in [5, 5.41) is 19.5. The van der Waals surface area contributed by atoms with Crippen molar-refractivity contribution in [1.82, 2.24) is 4.90 Å². The highest BCUT2D eigenvalue weighted by molar-refractivity contribution is 5.50. The van der Waals surface area contributed by atoms with E-state index in [-0.39, 0.29) is 11.5 Å². The van der Waals surface area contributed by atoms with Gasteiger partial charge in [-0.25, -0.2) is 0 Å². The Morgan fingerprint density at radius 3 is 2.88 bits per heavy atom. The summed E-state index contributed by atoms with van der Waals surface area (Å²) in [4.78, 5) is 2.45. The third kappa shape index (κ3) is 1.69. The molecular weight excluding hydrogens is 214 g/mol. The maximum Gasteiger partial charge on any atom is 0.160 e. The van der Waals surface area contributed by atoms with E-state index >= 15 is 0 Å².